The standard InChI is InChI=1S/C29H33ClN2O3/c1-18-15-25(30)11-12-26(18)27(17-28(32-35)24-13-14-31-19(2)16-24)22-7-3-20(4-8-22)21-5-9-23(10-6-21)29(33)34/h3-4,7-8,11-16,18,21,23,26-28H,5-6,9-10,17H2,1-2H3,(H,33,34). The average molecular weight is 493 g/mol. The number of carbonyl (C=O) groups is 1. The van der Waals surface area contributed by atoms with Crippen molar-refractivity contribution >= 4 is 17.6 Å². The molecular weight excluding hydrogens is 460 g/mol. The van der Waals surface area contributed by atoms with Gasteiger partial charge in [-0.2, -0.15) is 4.91 Å². The highest BCUT2D eigenvalue weighted by Gasteiger charge is 2.31. The number of nitroso groups, excluding NO2 is 1. The van der Waals surface area contributed by atoms with E-state index in [2.05, 4.69) is 53.5 Å². The molecule has 1 fully saturated rings. The summed E-state index contributed by atoms with van der Waals surface area (Å²) in [5, 5.41) is 13.6. The first-order valence-corrected chi connectivity index (χ1v) is 12.9. The molecule has 0 amide bonds. The molecule has 4 unspecified atom stereocenters. The van der Waals surface area contributed by atoms with Crippen LogP contribution >= 0.6 is 11.6 Å². The summed E-state index contributed by atoms with van der Waals surface area (Å²) < 4.78 is 0. The van der Waals surface area contributed by atoms with Gasteiger partial charge in [-0.25, -0.2) is 0 Å². The molecule has 0 spiro atoms. The number of carboxylic acids is 1. The minimum absolute atomic E-state index is 0.0928. The first-order valence-electron chi connectivity index (χ1n) is 12.5. The minimum Gasteiger partial charge on any atom is -0.481 e. The highest BCUT2D eigenvalue weighted by molar-refractivity contribution is 6.31. The summed E-state index contributed by atoms with van der Waals surface area (Å²) >= 11 is 6.27. The van der Waals surface area contributed by atoms with Gasteiger partial charge in [0.05, 0.1) is 5.92 Å². The quantitative estimate of drug-likeness (QED) is 0.383. The Morgan fingerprint density at radius 3 is 2.46 bits per heavy atom. The van der Waals surface area contributed by atoms with E-state index in [1.54, 1.807) is 6.20 Å². The van der Waals surface area contributed by atoms with Crippen LogP contribution in [0.2, 0.25) is 0 Å². The van der Waals surface area contributed by atoms with Gasteiger partial charge in [0.15, 0.2) is 0 Å². The topological polar surface area (TPSA) is 79.6 Å². The third-order valence-electron chi connectivity index (χ3n) is 7.79. The van der Waals surface area contributed by atoms with Gasteiger partial charge in [-0.15, -0.1) is 0 Å². The van der Waals surface area contributed by atoms with Crippen molar-refractivity contribution in [1.82, 2.24) is 4.98 Å². The maximum Gasteiger partial charge on any atom is 0.306 e. The molecule has 0 aliphatic heterocycles. The van der Waals surface area contributed by atoms with Crippen molar-refractivity contribution in [2.75, 3.05) is 0 Å². The molecule has 2 aromatic rings. The Balaban J connectivity index is 1.58. The SMILES string of the molecule is Cc1cc(C(CC(c2ccc(C3CCC(C(=O)O)CC3)cc2)C2C=CC(Cl)=CC2C)N=O)ccn1. The van der Waals surface area contributed by atoms with E-state index in [9.17, 15) is 14.8 Å². The molecule has 1 heterocycles. The highest BCUT2D eigenvalue weighted by Crippen LogP contribution is 2.43. The van der Waals surface area contributed by atoms with Crippen molar-refractivity contribution in [3.8, 4) is 0 Å². The van der Waals surface area contributed by atoms with Crippen LogP contribution < -0.4 is 0 Å². The summed E-state index contributed by atoms with van der Waals surface area (Å²) in [5.41, 5.74) is 4.21. The van der Waals surface area contributed by atoms with Crippen LogP contribution in [0.15, 0.2) is 71.0 Å². The van der Waals surface area contributed by atoms with Crippen molar-refractivity contribution in [3.63, 3.8) is 0 Å². The Morgan fingerprint density at radius 1 is 1.14 bits per heavy atom. The van der Waals surface area contributed by atoms with Crippen LogP contribution in [-0.4, -0.2) is 16.1 Å². The number of rotatable bonds is 8. The zero-order chi connectivity index (χ0) is 24.9. The van der Waals surface area contributed by atoms with Crippen LogP contribution in [0.4, 0.5) is 0 Å². The van der Waals surface area contributed by atoms with E-state index < -0.39 is 12.0 Å². The van der Waals surface area contributed by atoms with E-state index in [0.717, 1.165) is 42.0 Å². The van der Waals surface area contributed by atoms with Crippen LogP contribution in [0.1, 0.15) is 79.3 Å². The molecule has 0 bridgehead atoms. The first-order chi connectivity index (χ1) is 16.9. The number of hydrogen-bond acceptors (Lipinski definition) is 4. The number of halogens is 1. The number of aliphatic carboxylic acids is 1. The molecule has 2 aliphatic rings. The van der Waals surface area contributed by atoms with Crippen molar-refractivity contribution in [3.05, 3.63) is 93.1 Å². The monoisotopic (exact) mass is 492 g/mol. The lowest BCUT2D eigenvalue weighted by molar-refractivity contribution is -0.142. The van der Waals surface area contributed by atoms with Crippen molar-refractivity contribution in [1.29, 1.82) is 0 Å². The van der Waals surface area contributed by atoms with Gasteiger partial charge in [0.1, 0.15) is 6.04 Å². The summed E-state index contributed by atoms with van der Waals surface area (Å²) in [7, 11) is 0. The summed E-state index contributed by atoms with van der Waals surface area (Å²) in [6.45, 7) is 4.09. The van der Waals surface area contributed by atoms with E-state index in [0.29, 0.717) is 12.3 Å². The normalized spacial score (nSPS) is 26.0. The Bertz CT molecular complexity index is 1100. The lowest BCUT2D eigenvalue weighted by Gasteiger charge is -2.32. The summed E-state index contributed by atoms with van der Waals surface area (Å²) in [4.78, 5) is 27.5. The van der Waals surface area contributed by atoms with E-state index in [4.69, 9.17) is 11.6 Å². The molecule has 6 heteroatoms. The van der Waals surface area contributed by atoms with Crippen molar-refractivity contribution in [2.24, 2.45) is 22.9 Å². The lowest BCUT2D eigenvalue weighted by Crippen LogP contribution is -2.22. The Kier molecular flexibility index (Phi) is 8.17. The molecule has 2 aliphatic carbocycles. The van der Waals surface area contributed by atoms with E-state index in [1.165, 1.54) is 11.1 Å². The second-order valence-corrected chi connectivity index (χ2v) is 10.5. The van der Waals surface area contributed by atoms with Crippen LogP contribution in [0.5, 0.6) is 0 Å². The largest absolute Gasteiger partial charge is 0.481 e. The third kappa shape index (κ3) is 6.07. The van der Waals surface area contributed by atoms with Crippen molar-refractivity contribution in [2.45, 2.75) is 63.8 Å². The molecule has 4 atom stereocenters. The van der Waals surface area contributed by atoms with Gasteiger partial charge in [0.2, 0.25) is 0 Å². The molecule has 184 valence electrons. The average Bonchev–Trinajstić information content (AvgIpc) is 2.86. The molecular formula is C29H33ClN2O3. The van der Waals surface area contributed by atoms with Gasteiger partial charge >= 0.3 is 5.97 Å². The number of benzene rings is 1. The minimum atomic E-state index is -0.673. The molecule has 5 nitrogen and oxygen atoms in total. The number of allylic oxidation sites excluding steroid dienone is 4. The first kappa shape index (κ1) is 25.3. The van der Waals surface area contributed by atoms with Gasteiger partial charge in [-0.1, -0.05) is 60.1 Å². The number of carboxylic acid groups (broad SMARTS) is 1. The molecule has 35 heavy (non-hydrogen) atoms. The van der Waals surface area contributed by atoms with Crippen LogP contribution in [0.3, 0.4) is 0 Å². The molecule has 1 aromatic heterocycles. The fourth-order valence-corrected chi connectivity index (χ4v) is 6.03. The van der Waals surface area contributed by atoms with Gasteiger partial charge in [-0.3, -0.25) is 9.78 Å². The van der Waals surface area contributed by atoms with Gasteiger partial charge in [0, 0.05) is 16.9 Å². The Labute approximate surface area is 212 Å². The number of aryl methyl sites for hydroxylation is 1. The van der Waals surface area contributed by atoms with Gasteiger partial charge in [0.25, 0.3) is 0 Å². The smallest absolute Gasteiger partial charge is 0.306 e. The second-order valence-electron chi connectivity index (χ2n) is 10.1. The summed E-state index contributed by atoms with van der Waals surface area (Å²) in [6.07, 6.45) is 11.8. The summed E-state index contributed by atoms with van der Waals surface area (Å²) in [6, 6.07) is 12.1. The maximum absolute atomic E-state index is 12.0. The summed E-state index contributed by atoms with van der Waals surface area (Å²) in [5.74, 6) is 0.0383. The Morgan fingerprint density at radius 2 is 1.86 bits per heavy atom. The van der Waals surface area contributed by atoms with Gasteiger partial charge in [-0.05, 0) is 97.6 Å². The van der Waals surface area contributed by atoms with Crippen molar-refractivity contribution < 1.29 is 9.90 Å². The van der Waals surface area contributed by atoms with Crippen LogP contribution in [0, 0.1) is 29.6 Å². The molecule has 4 rings (SSSR count). The zero-order valence-corrected chi connectivity index (χ0v) is 21.1. The molecule has 1 aromatic carbocycles. The number of nitrogens with zero attached hydrogens (tertiary/aromatic N) is 2. The fourth-order valence-electron chi connectivity index (χ4n) is 5.76. The van der Waals surface area contributed by atoms with Crippen LogP contribution in [0.25, 0.3) is 0 Å². The van der Waals surface area contributed by atoms with Crippen LogP contribution in [-0.2, 0) is 4.79 Å². The van der Waals surface area contributed by atoms with E-state index >= 15 is 0 Å². The predicted octanol–water partition coefficient (Wildman–Crippen LogP) is 7.67. The molecule has 0 saturated heterocycles. The maximum atomic E-state index is 12.0. The number of aromatic nitrogens is 1. The van der Waals surface area contributed by atoms with Gasteiger partial charge < -0.3 is 5.11 Å². The van der Waals surface area contributed by atoms with E-state index in [-0.39, 0.29) is 23.7 Å². The fraction of sp³-hybridized carbons (Fsp3) is 0.448. The third-order valence-corrected chi connectivity index (χ3v) is 8.05. The zero-order valence-electron chi connectivity index (χ0n) is 20.3. The molecule has 1 N–H and O–H groups in total. The Hall–Kier alpha value is -2.79. The molecule has 0 radical (unpaired) electrons. The molecule has 1 saturated carbocycles. The second kappa shape index (κ2) is 11.3. The predicted molar refractivity (Wildman–Crippen MR) is 139 cm³/mol. The van der Waals surface area contributed by atoms with E-state index in [1.807, 2.05) is 25.1 Å². The lowest BCUT2D eigenvalue weighted by atomic mass is 9.72. The number of pyridine rings is 1. The highest BCUT2D eigenvalue weighted by atomic mass is 35.5. The number of hydrogen-bond donors (Lipinski definition) is 1.